The summed E-state index contributed by atoms with van der Waals surface area (Å²) in [6, 6.07) is 2.05. The van der Waals surface area contributed by atoms with Crippen molar-refractivity contribution in [3.05, 3.63) is 18.0 Å². The first-order valence-corrected chi connectivity index (χ1v) is 4.79. The highest BCUT2D eigenvalue weighted by atomic mass is 32.1. The zero-order valence-corrected chi connectivity index (χ0v) is 9.38. The van der Waals surface area contributed by atoms with Gasteiger partial charge in [0.05, 0.1) is 0 Å². The number of rotatable bonds is 3. The summed E-state index contributed by atoms with van der Waals surface area (Å²) in [6.07, 6.45) is 1.66. The van der Waals surface area contributed by atoms with E-state index in [0.717, 1.165) is 0 Å². The van der Waals surface area contributed by atoms with E-state index < -0.39 is 0 Å². The highest BCUT2D eigenvalue weighted by Crippen LogP contribution is 2.08. The number of hydrogen-bond acceptors (Lipinski definition) is 4. The Kier molecular flexibility index (Phi) is 3.35. The minimum atomic E-state index is 0.297. The highest BCUT2D eigenvalue weighted by molar-refractivity contribution is 7.80. The van der Waals surface area contributed by atoms with Gasteiger partial charge in [0, 0.05) is 19.3 Å². The summed E-state index contributed by atoms with van der Waals surface area (Å²) in [7, 11) is 1.93. The molecular weight excluding hydrogens is 196 g/mol. The molecule has 76 valence electrons. The van der Waals surface area contributed by atoms with Gasteiger partial charge < -0.3 is 10.6 Å². The van der Waals surface area contributed by atoms with E-state index in [2.05, 4.69) is 23.8 Å². The Bertz CT molecular complexity index is 337. The number of thiocarbonyl (C=S) groups is 1. The Hall–Kier alpha value is -1.23. The van der Waals surface area contributed by atoms with Crippen LogP contribution < -0.4 is 10.6 Å². The third-order valence-electron chi connectivity index (χ3n) is 1.99. The Morgan fingerprint density at radius 2 is 2.21 bits per heavy atom. The minimum Gasteiger partial charge on any atom is -0.388 e. The van der Waals surface area contributed by atoms with E-state index in [1.54, 1.807) is 12.3 Å². The maximum absolute atomic E-state index is 5.48. The van der Waals surface area contributed by atoms with Gasteiger partial charge in [0.2, 0.25) is 5.95 Å². The third kappa shape index (κ3) is 2.38. The van der Waals surface area contributed by atoms with Crippen LogP contribution in [0.1, 0.15) is 19.5 Å². The second kappa shape index (κ2) is 4.32. The molecule has 4 nitrogen and oxygen atoms in total. The number of nitrogens with zero attached hydrogens (tertiary/aromatic N) is 3. The van der Waals surface area contributed by atoms with E-state index in [1.807, 2.05) is 11.9 Å². The third-order valence-corrected chi connectivity index (χ3v) is 2.19. The van der Waals surface area contributed by atoms with Crippen molar-refractivity contribution >= 4 is 23.2 Å². The lowest BCUT2D eigenvalue weighted by Crippen LogP contribution is -2.28. The van der Waals surface area contributed by atoms with Crippen molar-refractivity contribution in [1.29, 1.82) is 0 Å². The van der Waals surface area contributed by atoms with Crippen molar-refractivity contribution in [3.63, 3.8) is 0 Å². The lowest BCUT2D eigenvalue weighted by Gasteiger charge is -2.21. The van der Waals surface area contributed by atoms with Crippen LogP contribution in [-0.4, -0.2) is 28.0 Å². The average Bonchev–Trinajstić information content (AvgIpc) is 2.16. The molecule has 1 rings (SSSR count). The first-order chi connectivity index (χ1) is 6.52. The van der Waals surface area contributed by atoms with Gasteiger partial charge >= 0.3 is 0 Å². The van der Waals surface area contributed by atoms with Crippen molar-refractivity contribution in [2.45, 2.75) is 19.9 Å². The monoisotopic (exact) mass is 210 g/mol. The zero-order valence-electron chi connectivity index (χ0n) is 8.56. The Balaban J connectivity index is 2.99. The topological polar surface area (TPSA) is 55.0 Å². The van der Waals surface area contributed by atoms with Crippen LogP contribution >= 0.6 is 12.2 Å². The second-order valence-corrected chi connectivity index (χ2v) is 3.75. The molecule has 0 aliphatic rings. The van der Waals surface area contributed by atoms with Gasteiger partial charge in [0.15, 0.2) is 0 Å². The highest BCUT2D eigenvalue weighted by Gasteiger charge is 2.08. The molecule has 0 amide bonds. The molecule has 0 unspecified atom stereocenters. The second-order valence-electron chi connectivity index (χ2n) is 3.31. The van der Waals surface area contributed by atoms with Gasteiger partial charge in [-0.25, -0.2) is 9.97 Å². The summed E-state index contributed by atoms with van der Waals surface area (Å²) in [5.74, 6) is 0.644. The lowest BCUT2D eigenvalue weighted by molar-refractivity contribution is 0.728. The van der Waals surface area contributed by atoms with Crippen LogP contribution in [0, 0.1) is 0 Å². The molecule has 5 heteroatoms. The van der Waals surface area contributed by atoms with Crippen LogP contribution in [0.15, 0.2) is 12.3 Å². The van der Waals surface area contributed by atoms with Gasteiger partial charge in [-0.3, -0.25) is 0 Å². The van der Waals surface area contributed by atoms with Crippen molar-refractivity contribution < 1.29 is 0 Å². The Morgan fingerprint density at radius 1 is 1.57 bits per heavy atom. The number of hydrogen-bond donors (Lipinski definition) is 1. The van der Waals surface area contributed by atoms with Crippen LogP contribution in [-0.2, 0) is 0 Å². The molecular formula is C9H14N4S. The molecule has 0 aliphatic heterocycles. The van der Waals surface area contributed by atoms with Crippen molar-refractivity contribution in [3.8, 4) is 0 Å². The van der Waals surface area contributed by atoms with Crippen molar-refractivity contribution in [2.75, 3.05) is 11.9 Å². The van der Waals surface area contributed by atoms with Crippen LogP contribution in [0.2, 0.25) is 0 Å². The van der Waals surface area contributed by atoms with Crippen LogP contribution in [0.3, 0.4) is 0 Å². The standard InChI is InChI=1S/C9H14N4S/c1-6(2)13(3)9-11-5-4-7(12-9)8(10)14/h4-6H,1-3H3,(H2,10,14). The first-order valence-electron chi connectivity index (χ1n) is 4.38. The van der Waals surface area contributed by atoms with Gasteiger partial charge in [-0.1, -0.05) is 12.2 Å². The molecule has 0 atom stereocenters. The zero-order chi connectivity index (χ0) is 10.7. The molecule has 14 heavy (non-hydrogen) atoms. The molecule has 1 heterocycles. The predicted octanol–water partition coefficient (Wildman–Crippen LogP) is 0.955. The van der Waals surface area contributed by atoms with Crippen LogP contribution in [0.4, 0.5) is 5.95 Å². The van der Waals surface area contributed by atoms with Crippen LogP contribution in [0.25, 0.3) is 0 Å². The molecule has 0 saturated heterocycles. The molecule has 0 spiro atoms. The molecule has 0 radical (unpaired) electrons. The molecule has 1 aromatic rings. The van der Waals surface area contributed by atoms with E-state index >= 15 is 0 Å². The maximum Gasteiger partial charge on any atom is 0.225 e. The van der Waals surface area contributed by atoms with Crippen molar-refractivity contribution in [2.24, 2.45) is 5.73 Å². The molecule has 0 fully saturated rings. The molecule has 2 N–H and O–H groups in total. The quantitative estimate of drug-likeness (QED) is 0.753. The minimum absolute atomic E-state index is 0.297. The Labute approximate surface area is 89.2 Å². The fourth-order valence-electron chi connectivity index (χ4n) is 0.887. The molecule has 1 aromatic heterocycles. The van der Waals surface area contributed by atoms with Gasteiger partial charge in [-0.05, 0) is 19.9 Å². The lowest BCUT2D eigenvalue weighted by atomic mass is 10.3. The molecule has 0 aliphatic carbocycles. The largest absolute Gasteiger partial charge is 0.388 e. The van der Waals surface area contributed by atoms with Gasteiger partial charge in [-0.15, -0.1) is 0 Å². The number of aromatic nitrogens is 2. The molecule has 0 saturated carbocycles. The van der Waals surface area contributed by atoms with Gasteiger partial charge in [-0.2, -0.15) is 0 Å². The summed E-state index contributed by atoms with van der Waals surface area (Å²) in [6.45, 7) is 4.13. The van der Waals surface area contributed by atoms with E-state index in [-0.39, 0.29) is 0 Å². The normalized spacial score (nSPS) is 10.3. The number of anilines is 1. The smallest absolute Gasteiger partial charge is 0.225 e. The summed E-state index contributed by atoms with van der Waals surface area (Å²) in [4.78, 5) is 10.6. The predicted molar refractivity (Wildman–Crippen MR) is 61.5 cm³/mol. The SMILES string of the molecule is CC(C)N(C)c1nccc(C(N)=S)n1. The van der Waals surface area contributed by atoms with E-state index in [4.69, 9.17) is 18.0 Å². The Morgan fingerprint density at radius 3 is 2.71 bits per heavy atom. The van der Waals surface area contributed by atoms with E-state index in [9.17, 15) is 0 Å². The van der Waals surface area contributed by atoms with Gasteiger partial charge in [0.25, 0.3) is 0 Å². The van der Waals surface area contributed by atoms with Crippen molar-refractivity contribution in [1.82, 2.24) is 9.97 Å². The van der Waals surface area contributed by atoms with Gasteiger partial charge in [0.1, 0.15) is 10.7 Å². The van der Waals surface area contributed by atoms with Crippen LogP contribution in [0.5, 0.6) is 0 Å². The van der Waals surface area contributed by atoms with E-state index in [0.29, 0.717) is 22.7 Å². The number of nitrogens with two attached hydrogens (primary N) is 1. The molecule has 0 aromatic carbocycles. The summed E-state index contributed by atoms with van der Waals surface area (Å²) in [5.41, 5.74) is 6.09. The maximum atomic E-state index is 5.48. The first kappa shape index (κ1) is 10.8. The summed E-state index contributed by atoms with van der Waals surface area (Å²) in [5, 5.41) is 0. The fraction of sp³-hybridized carbons (Fsp3) is 0.444. The average molecular weight is 210 g/mol. The summed E-state index contributed by atoms with van der Waals surface area (Å²) < 4.78 is 0. The fourth-order valence-corrected chi connectivity index (χ4v) is 1.00. The van der Waals surface area contributed by atoms with E-state index in [1.165, 1.54) is 0 Å². The summed E-state index contributed by atoms with van der Waals surface area (Å²) >= 11 is 4.84. The molecule has 0 bridgehead atoms.